The van der Waals surface area contributed by atoms with Crippen LogP contribution in [0.3, 0.4) is 0 Å². The van der Waals surface area contributed by atoms with Crippen LogP contribution in [0.25, 0.3) is 0 Å². The first-order valence-corrected chi connectivity index (χ1v) is 7.49. The van der Waals surface area contributed by atoms with E-state index in [9.17, 15) is 4.79 Å². The van der Waals surface area contributed by atoms with Crippen LogP contribution in [0.2, 0.25) is 0 Å². The average molecular weight is 328 g/mol. The summed E-state index contributed by atoms with van der Waals surface area (Å²) < 4.78 is 1.04. The van der Waals surface area contributed by atoms with Gasteiger partial charge < -0.3 is 10.4 Å². The number of nitrogens with one attached hydrogen (secondary N) is 1. The van der Waals surface area contributed by atoms with Gasteiger partial charge in [-0.3, -0.25) is 4.79 Å². The predicted octanol–water partition coefficient (Wildman–Crippen LogP) is 2.76. The highest BCUT2D eigenvalue weighted by Crippen LogP contribution is 2.17. The van der Waals surface area contributed by atoms with E-state index < -0.39 is 0 Å². The lowest BCUT2D eigenvalue weighted by atomic mass is 9.96. The van der Waals surface area contributed by atoms with Gasteiger partial charge in [-0.25, -0.2) is 0 Å². The lowest BCUT2D eigenvalue weighted by Gasteiger charge is -2.17. The smallest absolute Gasteiger partial charge is 0.223 e. The third kappa shape index (κ3) is 5.74. The molecular weight excluding hydrogens is 306 g/mol. The Bertz CT molecular complexity index is 409. The highest BCUT2D eigenvalue weighted by atomic mass is 79.9. The van der Waals surface area contributed by atoms with Crippen molar-refractivity contribution in [2.45, 2.75) is 26.7 Å². The third-order valence-electron chi connectivity index (χ3n) is 3.17. The fraction of sp³-hybridized carbons (Fsp3) is 0.533. The number of hydrogen-bond donors (Lipinski definition) is 2. The highest BCUT2D eigenvalue weighted by Gasteiger charge is 2.17. The lowest BCUT2D eigenvalue weighted by Crippen LogP contribution is -2.35. The van der Waals surface area contributed by atoms with Crippen LogP contribution in [-0.4, -0.2) is 24.2 Å². The van der Waals surface area contributed by atoms with E-state index in [4.69, 9.17) is 5.11 Å². The Morgan fingerprint density at radius 1 is 1.47 bits per heavy atom. The molecule has 0 aliphatic heterocycles. The molecule has 0 aliphatic rings. The number of rotatable bonds is 7. The first kappa shape index (κ1) is 16.2. The Morgan fingerprint density at radius 3 is 2.79 bits per heavy atom. The van der Waals surface area contributed by atoms with Crippen LogP contribution in [0.1, 0.15) is 25.8 Å². The number of hydrogen-bond acceptors (Lipinski definition) is 2. The Morgan fingerprint density at radius 2 is 2.21 bits per heavy atom. The van der Waals surface area contributed by atoms with E-state index in [0.717, 1.165) is 22.9 Å². The van der Waals surface area contributed by atoms with Gasteiger partial charge in [-0.2, -0.15) is 0 Å². The summed E-state index contributed by atoms with van der Waals surface area (Å²) in [7, 11) is 0. The fourth-order valence-electron chi connectivity index (χ4n) is 1.85. The van der Waals surface area contributed by atoms with Crippen LogP contribution < -0.4 is 5.32 Å². The van der Waals surface area contributed by atoms with Gasteiger partial charge in [0.1, 0.15) is 0 Å². The number of carbonyl (C=O) groups excluding carboxylic acids is 1. The second-order valence-electron chi connectivity index (χ2n) is 4.97. The summed E-state index contributed by atoms with van der Waals surface area (Å²) in [5.74, 6) is 0.162. The van der Waals surface area contributed by atoms with E-state index in [2.05, 4.69) is 21.2 Å². The lowest BCUT2D eigenvalue weighted by molar-refractivity contribution is -0.125. The maximum absolute atomic E-state index is 12.1. The summed E-state index contributed by atoms with van der Waals surface area (Å²) in [6.45, 7) is 4.57. The molecule has 106 valence electrons. The Labute approximate surface area is 123 Å². The van der Waals surface area contributed by atoms with E-state index in [1.165, 1.54) is 0 Å². The molecule has 19 heavy (non-hydrogen) atoms. The van der Waals surface area contributed by atoms with Crippen molar-refractivity contribution in [2.24, 2.45) is 11.8 Å². The first-order valence-electron chi connectivity index (χ1n) is 6.69. The van der Waals surface area contributed by atoms with Gasteiger partial charge in [0.2, 0.25) is 5.91 Å². The fourth-order valence-corrected chi connectivity index (χ4v) is 2.30. The van der Waals surface area contributed by atoms with E-state index in [1.54, 1.807) is 0 Å². The minimum Gasteiger partial charge on any atom is -0.396 e. The summed E-state index contributed by atoms with van der Waals surface area (Å²) in [5, 5.41) is 11.9. The quantitative estimate of drug-likeness (QED) is 0.809. The zero-order valence-corrected chi connectivity index (χ0v) is 13.1. The molecule has 1 aromatic carbocycles. The van der Waals surface area contributed by atoms with Gasteiger partial charge in [0.05, 0.1) is 0 Å². The normalized spacial score (nSPS) is 13.9. The molecule has 0 bridgehead atoms. The van der Waals surface area contributed by atoms with Gasteiger partial charge in [-0.05, 0) is 36.5 Å². The SMILES string of the molecule is CCC(Cc1cccc(Br)c1)C(=O)NCC(C)CO. The molecule has 0 heterocycles. The molecule has 1 amide bonds. The summed E-state index contributed by atoms with van der Waals surface area (Å²) >= 11 is 3.44. The molecule has 2 atom stereocenters. The standard InChI is InChI=1S/C15H22BrNO2/c1-3-13(15(19)17-9-11(2)10-18)7-12-5-4-6-14(16)8-12/h4-6,8,11,13,18H,3,7,9-10H2,1-2H3,(H,17,19). The van der Waals surface area contributed by atoms with Crippen LogP contribution >= 0.6 is 15.9 Å². The van der Waals surface area contributed by atoms with E-state index in [0.29, 0.717) is 6.54 Å². The maximum atomic E-state index is 12.1. The van der Waals surface area contributed by atoms with E-state index in [-0.39, 0.29) is 24.3 Å². The molecule has 2 N–H and O–H groups in total. The number of amides is 1. The zero-order valence-electron chi connectivity index (χ0n) is 11.5. The van der Waals surface area contributed by atoms with Crippen LogP contribution in [0, 0.1) is 11.8 Å². The zero-order chi connectivity index (χ0) is 14.3. The summed E-state index contributed by atoms with van der Waals surface area (Å²) in [6, 6.07) is 8.05. The third-order valence-corrected chi connectivity index (χ3v) is 3.66. The molecule has 1 aromatic rings. The van der Waals surface area contributed by atoms with Crippen LogP contribution in [0.4, 0.5) is 0 Å². The number of halogens is 1. The molecular formula is C15H22BrNO2. The topological polar surface area (TPSA) is 49.3 Å². The highest BCUT2D eigenvalue weighted by molar-refractivity contribution is 9.10. The van der Waals surface area contributed by atoms with Crippen molar-refractivity contribution in [3.63, 3.8) is 0 Å². The first-order chi connectivity index (χ1) is 9.06. The largest absolute Gasteiger partial charge is 0.396 e. The molecule has 0 saturated heterocycles. The number of aliphatic hydroxyl groups is 1. The van der Waals surface area contributed by atoms with Crippen LogP contribution in [0.15, 0.2) is 28.7 Å². The molecule has 0 spiro atoms. The van der Waals surface area contributed by atoms with Gasteiger partial charge in [-0.15, -0.1) is 0 Å². The molecule has 3 nitrogen and oxygen atoms in total. The average Bonchev–Trinajstić information content (AvgIpc) is 2.41. The Balaban J connectivity index is 2.55. The molecule has 0 fully saturated rings. The molecule has 4 heteroatoms. The summed E-state index contributed by atoms with van der Waals surface area (Å²) in [4.78, 5) is 12.1. The second kappa shape index (κ2) is 8.33. The van der Waals surface area contributed by atoms with Gasteiger partial charge in [0.15, 0.2) is 0 Å². The van der Waals surface area contributed by atoms with Crippen molar-refractivity contribution in [3.8, 4) is 0 Å². The van der Waals surface area contributed by atoms with Gasteiger partial charge in [0.25, 0.3) is 0 Å². The van der Waals surface area contributed by atoms with Gasteiger partial charge in [-0.1, -0.05) is 41.9 Å². The Hall–Kier alpha value is -0.870. The molecule has 0 aromatic heterocycles. The molecule has 0 radical (unpaired) electrons. The van der Waals surface area contributed by atoms with E-state index in [1.807, 2.05) is 38.1 Å². The van der Waals surface area contributed by atoms with Crippen molar-refractivity contribution in [2.75, 3.05) is 13.2 Å². The molecule has 0 saturated carbocycles. The van der Waals surface area contributed by atoms with Crippen LogP contribution in [0.5, 0.6) is 0 Å². The second-order valence-corrected chi connectivity index (χ2v) is 5.89. The van der Waals surface area contributed by atoms with Crippen molar-refractivity contribution in [1.29, 1.82) is 0 Å². The van der Waals surface area contributed by atoms with Crippen molar-refractivity contribution in [1.82, 2.24) is 5.32 Å². The number of carbonyl (C=O) groups is 1. The van der Waals surface area contributed by atoms with Crippen molar-refractivity contribution < 1.29 is 9.90 Å². The van der Waals surface area contributed by atoms with Crippen molar-refractivity contribution in [3.05, 3.63) is 34.3 Å². The molecule has 1 rings (SSSR count). The molecule has 2 unspecified atom stereocenters. The minimum atomic E-state index is -0.0137. The number of aliphatic hydroxyl groups excluding tert-OH is 1. The predicted molar refractivity (Wildman–Crippen MR) is 80.9 cm³/mol. The Kier molecular flexibility index (Phi) is 7.10. The summed E-state index contributed by atoms with van der Waals surface area (Å²) in [6.07, 6.45) is 1.56. The van der Waals surface area contributed by atoms with Crippen molar-refractivity contribution >= 4 is 21.8 Å². The minimum absolute atomic E-state index is 0.0137. The van der Waals surface area contributed by atoms with E-state index >= 15 is 0 Å². The molecule has 0 aliphatic carbocycles. The maximum Gasteiger partial charge on any atom is 0.223 e. The number of benzene rings is 1. The van der Waals surface area contributed by atoms with Crippen LogP contribution in [-0.2, 0) is 11.2 Å². The van der Waals surface area contributed by atoms with Gasteiger partial charge in [0, 0.05) is 23.5 Å². The monoisotopic (exact) mass is 327 g/mol. The van der Waals surface area contributed by atoms with Gasteiger partial charge >= 0.3 is 0 Å². The summed E-state index contributed by atoms with van der Waals surface area (Å²) in [5.41, 5.74) is 1.16.